The van der Waals surface area contributed by atoms with Gasteiger partial charge in [-0.15, -0.1) is 0 Å². The molecule has 2 N–H and O–H groups in total. The topological polar surface area (TPSA) is 35.2 Å². The van der Waals surface area contributed by atoms with Crippen LogP contribution in [-0.2, 0) is 0 Å². The number of hydrogen-bond donors (Lipinski definition) is 1. The van der Waals surface area contributed by atoms with Gasteiger partial charge in [0.25, 0.3) is 0 Å². The molecule has 2 nitrogen and oxygen atoms in total. The van der Waals surface area contributed by atoms with Crippen molar-refractivity contribution in [1.29, 1.82) is 0 Å². The van der Waals surface area contributed by atoms with E-state index in [0.29, 0.717) is 6.54 Å². The normalized spacial score (nSPS) is 12.2. The molecule has 2 aromatic rings. The fraction of sp³-hybridized carbons (Fsp3) is 0.200. The van der Waals surface area contributed by atoms with Gasteiger partial charge in [-0.05, 0) is 46.1 Å². The first-order valence-corrected chi connectivity index (χ1v) is 6.71. The molecule has 0 bridgehead atoms. The monoisotopic (exact) mass is 305 g/mol. The van der Waals surface area contributed by atoms with Gasteiger partial charge in [-0.3, -0.25) is 0 Å². The van der Waals surface area contributed by atoms with Crippen molar-refractivity contribution in [2.75, 3.05) is 6.54 Å². The Morgan fingerprint density at radius 1 is 1.11 bits per heavy atom. The summed E-state index contributed by atoms with van der Waals surface area (Å²) in [4.78, 5) is 0. The Balaban J connectivity index is 2.25. The molecule has 2 aromatic carbocycles. The molecule has 0 saturated carbocycles. The average Bonchev–Trinajstić information content (AvgIpc) is 2.42. The fourth-order valence-corrected chi connectivity index (χ4v) is 2.14. The molecule has 1 unspecified atom stereocenters. The molecule has 0 aliphatic carbocycles. The van der Waals surface area contributed by atoms with E-state index in [1.54, 1.807) is 0 Å². The minimum Gasteiger partial charge on any atom is -0.488 e. The highest BCUT2D eigenvalue weighted by atomic mass is 79.9. The summed E-state index contributed by atoms with van der Waals surface area (Å²) in [6, 6.07) is 16.3. The van der Waals surface area contributed by atoms with E-state index in [-0.39, 0.29) is 6.10 Å². The Morgan fingerprint density at radius 3 is 2.44 bits per heavy atom. The minimum atomic E-state index is 0.0175. The highest BCUT2D eigenvalue weighted by Crippen LogP contribution is 2.31. The van der Waals surface area contributed by atoms with E-state index >= 15 is 0 Å². The van der Waals surface area contributed by atoms with Crippen LogP contribution in [0.15, 0.2) is 53.0 Å². The first-order chi connectivity index (χ1) is 8.70. The van der Waals surface area contributed by atoms with Crippen molar-refractivity contribution in [2.24, 2.45) is 5.73 Å². The molecule has 0 amide bonds. The van der Waals surface area contributed by atoms with Crippen molar-refractivity contribution >= 4 is 15.9 Å². The second-order valence-corrected chi connectivity index (χ2v) is 5.03. The molecule has 0 fully saturated rings. The number of benzene rings is 2. The van der Waals surface area contributed by atoms with E-state index in [4.69, 9.17) is 10.5 Å². The van der Waals surface area contributed by atoms with Crippen LogP contribution in [0.5, 0.6) is 5.75 Å². The summed E-state index contributed by atoms with van der Waals surface area (Å²) in [5, 5.41) is 0. The maximum absolute atomic E-state index is 5.71. The molecule has 0 saturated heterocycles. The van der Waals surface area contributed by atoms with Crippen LogP contribution in [-0.4, -0.2) is 12.6 Å². The van der Waals surface area contributed by atoms with Gasteiger partial charge >= 0.3 is 0 Å². The summed E-state index contributed by atoms with van der Waals surface area (Å²) in [6.45, 7) is 2.46. The van der Waals surface area contributed by atoms with Crippen LogP contribution in [0.2, 0.25) is 0 Å². The Kier molecular flexibility index (Phi) is 4.39. The highest BCUT2D eigenvalue weighted by Gasteiger charge is 2.07. The Bertz CT molecular complexity index is 513. The molecule has 1 atom stereocenters. The third-order valence-corrected chi connectivity index (χ3v) is 3.32. The molecule has 2 rings (SSSR count). The van der Waals surface area contributed by atoms with Crippen LogP contribution < -0.4 is 10.5 Å². The van der Waals surface area contributed by atoms with Crippen molar-refractivity contribution in [1.82, 2.24) is 0 Å². The minimum absolute atomic E-state index is 0.0175. The summed E-state index contributed by atoms with van der Waals surface area (Å²) in [6.07, 6.45) is 0.0175. The standard InChI is InChI=1S/C15H16BrNO/c1-11(10-17)18-15-8-7-13(9-14(15)16)12-5-3-2-4-6-12/h2-9,11H,10,17H2,1H3. The fourth-order valence-electron chi connectivity index (χ4n) is 1.67. The summed E-state index contributed by atoms with van der Waals surface area (Å²) >= 11 is 3.54. The number of hydrogen-bond acceptors (Lipinski definition) is 2. The lowest BCUT2D eigenvalue weighted by Gasteiger charge is -2.14. The average molecular weight is 306 g/mol. The van der Waals surface area contributed by atoms with Crippen molar-refractivity contribution in [2.45, 2.75) is 13.0 Å². The SMILES string of the molecule is CC(CN)Oc1ccc(-c2ccccc2)cc1Br. The summed E-state index contributed by atoms with van der Waals surface area (Å²) in [5.41, 5.74) is 7.90. The van der Waals surface area contributed by atoms with Gasteiger partial charge in [0, 0.05) is 6.54 Å². The molecular weight excluding hydrogens is 290 g/mol. The lowest BCUT2D eigenvalue weighted by molar-refractivity contribution is 0.228. The van der Waals surface area contributed by atoms with Gasteiger partial charge in [-0.1, -0.05) is 36.4 Å². The van der Waals surface area contributed by atoms with Gasteiger partial charge in [-0.2, -0.15) is 0 Å². The molecule has 0 spiro atoms. The molecule has 3 heteroatoms. The summed E-state index contributed by atoms with van der Waals surface area (Å²) in [5.74, 6) is 0.827. The molecular formula is C15H16BrNO. The lowest BCUT2D eigenvalue weighted by atomic mass is 10.1. The van der Waals surface area contributed by atoms with Gasteiger partial charge in [0.05, 0.1) is 4.47 Å². The predicted molar refractivity (Wildman–Crippen MR) is 78.7 cm³/mol. The molecule has 0 aliphatic heterocycles. The zero-order chi connectivity index (χ0) is 13.0. The van der Waals surface area contributed by atoms with Gasteiger partial charge in [0.2, 0.25) is 0 Å². The Hall–Kier alpha value is -1.32. The smallest absolute Gasteiger partial charge is 0.133 e. The van der Waals surface area contributed by atoms with Crippen LogP contribution in [0.1, 0.15) is 6.92 Å². The second kappa shape index (κ2) is 6.03. The van der Waals surface area contributed by atoms with E-state index in [1.807, 2.05) is 31.2 Å². The summed E-state index contributed by atoms with van der Waals surface area (Å²) in [7, 11) is 0. The maximum atomic E-state index is 5.71. The molecule has 18 heavy (non-hydrogen) atoms. The van der Waals surface area contributed by atoms with Gasteiger partial charge in [0.15, 0.2) is 0 Å². The highest BCUT2D eigenvalue weighted by molar-refractivity contribution is 9.10. The third-order valence-electron chi connectivity index (χ3n) is 2.70. The molecule has 94 valence electrons. The van der Waals surface area contributed by atoms with Crippen molar-refractivity contribution in [3.8, 4) is 16.9 Å². The van der Waals surface area contributed by atoms with E-state index in [2.05, 4.69) is 40.2 Å². The van der Waals surface area contributed by atoms with E-state index in [1.165, 1.54) is 5.56 Å². The van der Waals surface area contributed by atoms with E-state index < -0.39 is 0 Å². The maximum Gasteiger partial charge on any atom is 0.133 e. The van der Waals surface area contributed by atoms with Crippen LogP contribution in [0.25, 0.3) is 11.1 Å². The zero-order valence-electron chi connectivity index (χ0n) is 10.3. The van der Waals surface area contributed by atoms with Crippen LogP contribution in [0, 0.1) is 0 Å². The summed E-state index contributed by atoms with van der Waals surface area (Å²) < 4.78 is 6.66. The Morgan fingerprint density at radius 2 is 1.83 bits per heavy atom. The van der Waals surface area contributed by atoms with E-state index in [9.17, 15) is 0 Å². The molecule has 0 heterocycles. The molecule has 0 radical (unpaired) electrons. The van der Waals surface area contributed by atoms with Crippen molar-refractivity contribution in [3.63, 3.8) is 0 Å². The van der Waals surface area contributed by atoms with E-state index in [0.717, 1.165) is 15.8 Å². The third kappa shape index (κ3) is 3.12. The first-order valence-electron chi connectivity index (χ1n) is 5.92. The second-order valence-electron chi connectivity index (χ2n) is 4.18. The van der Waals surface area contributed by atoms with Crippen LogP contribution in [0.4, 0.5) is 0 Å². The lowest BCUT2D eigenvalue weighted by Crippen LogP contribution is -2.22. The van der Waals surface area contributed by atoms with Crippen molar-refractivity contribution < 1.29 is 4.74 Å². The zero-order valence-corrected chi connectivity index (χ0v) is 11.9. The van der Waals surface area contributed by atoms with Gasteiger partial charge < -0.3 is 10.5 Å². The number of halogens is 1. The van der Waals surface area contributed by atoms with Crippen LogP contribution in [0.3, 0.4) is 0 Å². The van der Waals surface area contributed by atoms with Crippen molar-refractivity contribution in [3.05, 3.63) is 53.0 Å². The largest absolute Gasteiger partial charge is 0.488 e. The predicted octanol–water partition coefficient (Wildman–Crippen LogP) is 3.84. The number of rotatable bonds is 4. The molecule has 0 aromatic heterocycles. The van der Waals surface area contributed by atoms with Gasteiger partial charge in [-0.25, -0.2) is 0 Å². The number of nitrogens with two attached hydrogens (primary N) is 1. The Labute approximate surface area is 116 Å². The first kappa shape index (κ1) is 13.1. The quantitative estimate of drug-likeness (QED) is 0.931. The van der Waals surface area contributed by atoms with Crippen LogP contribution >= 0.6 is 15.9 Å². The number of ether oxygens (including phenoxy) is 1. The van der Waals surface area contributed by atoms with Gasteiger partial charge in [0.1, 0.15) is 11.9 Å². The molecule has 0 aliphatic rings.